The lowest BCUT2D eigenvalue weighted by atomic mass is 10.00. The number of fused-ring (bicyclic) bond motifs is 1. The maximum Gasteiger partial charge on any atom is 0.344 e. The van der Waals surface area contributed by atoms with Crippen molar-refractivity contribution in [1.29, 1.82) is 0 Å². The Morgan fingerprint density at radius 3 is 2.43 bits per heavy atom. The lowest BCUT2D eigenvalue weighted by molar-refractivity contribution is 0.306. The third-order valence-corrected chi connectivity index (χ3v) is 5.37. The van der Waals surface area contributed by atoms with Crippen LogP contribution in [0.1, 0.15) is 11.1 Å². The smallest absolute Gasteiger partial charge is 0.344 e. The summed E-state index contributed by atoms with van der Waals surface area (Å²) < 4.78 is 12.5. The Bertz CT molecular complexity index is 1200. The lowest BCUT2D eigenvalue weighted by Crippen LogP contribution is -2.06. The molecule has 0 fully saturated rings. The molecule has 3 aromatic carbocycles. The Morgan fingerprint density at radius 1 is 1.00 bits per heavy atom. The number of halogens is 2. The highest BCUT2D eigenvalue weighted by molar-refractivity contribution is 9.10. The van der Waals surface area contributed by atoms with Crippen LogP contribution in [0.3, 0.4) is 0 Å². The molecule has 0 bridgehead atoms. The monoisotopic (exact) mass is 454 g/mol. The SMILES string of the molecule is Cc1c(-c2ccc(Cl)cc2)c(=O)oc2cc(OCc3ccc(Br)cc3)ccc12. The molecule has 1 heterocycles. The van der Waals surface area contributed by atoms with Gasteiger partial charge in [0.15, 0.2) is 0 Å². The van der Waals surface area contributed by atoms with Crippen LogP contribution >= 0.6 is 27.5 Å². The first kappa shape index (κ1) is 18.8. The summed E-state index contributed by atoms with van der Waals surface area (Å²) in [5.74, 6) is 0.650. The fourth-order valence-corrected chi connectivity index (χ4v) is 3.51. The van der Waals surface area contributed by atoms with Gasteiger partial charge in [-0.05, 0) is 60.0 Å². The number of rotatable bonds is 4. The van der Waals surface area contributed by atoms with Gasteiger partial charge in [0.2, 0.25) is 0 Å². The van der Waals surface area contributed by atoms with Crippen molar-refractivity contribution in [3.05, 3.63) is 97.8 Å². The molecular weight excluding hydrogens is 440 g/mol. The van der Waals surface area contributed by atoms with E-state index >= 15 is 0 Å². The van der Waals surface area contributed by atoms with E-state index in [0.717, 1.165) is 26.5 Å². The number of ether oxygens (including phenoxy) is 1. The number of hydrogen-bond donors (Lipinski definition) is 0. The predicted molar refractivity (Wildman–Crippen MR) is 116 cm³/mol. The van der Waals surface area contributed by atoms with E-state index < -0.39 is 0 Å². The highest BCUT2D eigenvalue weighted by Gasteiger charge is 2.14. The molecule has 1 aromatic heterocycles. The molecule has 0 saturated heterocycles. The van der Waals surface area contributed by atoms with E-state index in [1.54, 1.807) is 18.2 Å². The molecule has 5 heteroatoms. The fourth-order valence-electron chi connectivity index (χ4n) is 3.12. The van der Waals surface area contributed by atoms with E-state index in [4.69, 9.17) is 20.8 Å². The summed E-state index contributed by atoms with van der Waals surface area (Å²) in [5.41, 5.74) is 3.39. The van der Waals surface area contributed by atoms with Gasteiger partial charge >= 0.3 is 5.63 Å². The van der Waals surface area contributed by atoms with Gasteiger partial charge < -0.3 is 9.15 Å². The van der Waals surface area contributed by atoms with Crippen molar-refractivity contribution in [2.75, 3.05) is 0 Å². The zero-order chi connectivity index (χ0) is 19.7. The van der Waals surface area contributed by atoms with Crippen molar-refractivity contribution in [3.63, 3.8) is 0 Å². The third kappa shape index (κ3) is 3.84. The average molecular weight is 456 g/mol. The summed E-state index contributed by atoms with van der Waals surface area (Å²) in [5, 5.41) is 1.50. The summed E-state index contributed by atoms with van der Waals surface area (Å²) in [7, 11) is 0. The van der Waals surface area contributed by atoms with Gasteiger partial charge in [-0.25, -0.2) is 4.79 Å². The summed E-state index contributed by atoms with van der Waals surface area (Å²) in [6.07, 6.45) is 0. The molecule has 0 unspecified atom stereocenters. The first-order valence-corrected chi connectivity index (χ1v) is 9.89. The molecule has 0 saturated carbocycles. The van der Waals surface area contributed by atoms with Crippen LogP contribution in [0.25, 0.3) is 22.1 Å². The van der Waals surface area contributed by atoms with Crippen molar-refractivity contribution >= 4 is 38.5 Å². The van der Waals surface area contributed by atoms with Crippen LogP contribution in [0.5, 0.6) is 5.75 Å². The Labute approximate surface area is 175 Å². The first-order valence-electron chi connectivity index (χ1n) is 8.72. The molecule has 140 valence electrons. The van der Waals surface area contributed by atoms with Crippen molar-refractivity contribution in [2.24, 2.45) is 0 Å². The standard InChI is InChI=1S/C23H16BrClO3/c1-14-20-11-10-19(27-13-15-2-6-17(24)7-3-15)12-21(20)28-23(26)22(14)16-4-8-18(25)9-5-16/h2-12H,13H2,1H3. The van der Waals surface area contributed by atoms with Crippen molar-refractivity contribution in [2.45, 2.75) is 13.5 Å². The highest BCUT2D eigenvalue weighted by atomic mass is 79.9. The van der Waals surface area contributed by atoms with Crippen molar-refractivity contribution in [3.8, 4) is 16.9 Å². The van der Waals surface area contributed by atoms with Gasteiger partial charge in [0.05, 0.1) is 5.56 Å². The topological polar surface area (TPSA) is 39.4 Å². The predicted octanol–water partition coefficient (Wildman–Crippen LogP) is 6.76. The molecule has 0 radical (unpaired) electrons. The van der Waals surface area contributed by atoms with Gasteiger partial charge in [-0.3, -0.25) is 0 Å². The van der Waals surface area contributed by atoms with E-state index in [-0.39, 0.29) is 5.63 Å². The molecule has 0 amide bonds. The summed E-state index contributed by atoms with van der Waals surface area (Å²) in [6.45, 7) is 2.36. The van der Waals surface area contributed by atoms with Gasteiger partial charge in [-0.15, -0.1) is 0 Å². The Balaban J connectivity index is 1.67. The average Bonchev–Trinajstić information content (AvgIpc) is 2.69. The zero-order valence-electron chi connectivity index (χ0n) is 15.0. The fraction of sp³-hybridized carbons (Fsp3) is 0.0870. The van der Waals surface area contributed by atoms with Gasteiger partial charge in [0, 0.05) is 20.9 Å². The van der Waals surface area contributed by atoms with E-state index in [1.165, 1.54) is 0 Å². The Hall–Kier alpha value is -2.56. The van der Waals surface area contributed by atoms with Crippen LogP contribution in [-0.4, -0.2) is 0 Å². The number of hydrogen-bond acceptors (Lipinski definition) is 3. The number of aryl methyl sites for hydroxylation is 1. The van der Waals surface area contributed by atoms with E-state index in [1.807, 2.05) is 55.5 Å². The number of benzene rings is 3. The molecule has 28 heavy (non-hydrogen) atoms. The van der Waals surface area contributed by atoms with Crippen LogP contribution < -0.4 is 10.4 Å². The van der Waals surface area contributed by atoms with Gasteiger partial charge in [-0.1, -0.05) is 51.8 Å². The van der Waals surface area contributed by atoms with Crippen LogP contribution in [0.2, 0.25) is 5.02 Å². The van der Waals surface area contributed by atoms with E-state index in [0.29, 0.717) is 28.5 Å². The minimum Gasteiger partial charge on any atom is -0.489 e. The highest BCUT2D eigenvalue weighted by Crippen LogP contribution is 2.29. The second-order valence-corrected chi connectivity index (χ2v) is 7.82. The molecule has 0 atom stereocenters. The summed E-state index contributed by atoms with van der Waals surface area (Å²) in [6, 6.07) is 20.7. The molecule has 4 rings (SSSR count). The van der Waals surface area contributed by atoms with Crippen molar-refractivity contribution in [1.82, 2.24) is 0 Å². The molecule has 0 N–H and O–H groups in total. The van der Waals surface area contributed by atoms with Gasteiger partial charge in [0.1, 0.15) is 17.9 Å². The normalized spacial score (nSPS) is 11.0. The minimum absolute atomic E-state index is 0.377. The van der Waals surface area contributed by atoms with Crippen LogP contribution in [-0.2, 0) is 6.61 Å². The maximum absolute atomic E-state index is 12.6. The van der Waals surface area contributed by atoms with Crippen LogP contribution in [0.4, 0.5) is 0 Å². The maximum atomic E-state index is 12.6. The quantitative estimate of drug-likeness (QED) is 0.319. The Morgan fingerprint density at radius 2 is 1.71 bits per heavy atom. The molecule has 0 spiro atoms. The molecule has 4 aromatic rings. The van der Waals surface area contributed by atoms with Gasteiger partial charge in [0.25, 0.3) is 0 Å². The minimum atomic E-state index is -0.377. The molecule has 0 aliphatic heterocycles. The first-order chi connectivity index (χ1) is 13.5. The summed E-state index contributed by atoms with van der Waals surface area (Å²) >= 11 is 9.37. The third-order valence-electron chi connectivity index (χ3n) is 4.59. The van der Waals surface area contributed by atoms with Crippen molar-refractivity contribution < 1.29 is 9.15 Å². The molecule has 0 aliphatic carbocycles. The second-order valence-electron chi connectivity index (χ2n) is 6.47. The molecule has 3 nitrogen and oxygen atoms in total. The zero-order valence-corrected chi connectivity index (χ0v) is 17.4. The second kappa shape index (κ2) is 7.82. The van der Waals surface area contributed by atoms with Crippen LogP contribution in [0, 0.1) is 6.92 Å². The Kier molecular flexibility index (Phi) is 5.25. The molecule has 0 aliphatic rings. The largest absolute Gasteiger partial charge is 0.489 e. The molecular formula is C23H16BrClO3. The van der Waals surface area contributed by atoms with Gasteiger partial charge in [-0.2, -0.15) is 0 Å². The summed E-state index contributed by atoms with van der Waals surface area (Å²) in [4.78, 5) is 12.6. The van der Waals surface area contributed by atoms with E-state index in [9.17, 15) is 4.79 Å². The van der Waals surface area contributed by atoms with Crippen LogP contribution in [0.15, 0.2) is 80.4 Å². The van der Waals surface area contributed by atoms with E-state index in [2.05, 4.69) is 15.9 Å². The lowest BCUT2D eigenvalue weighted by Gasteiger charge is -2.10.